The first-order chi connectivity index (χ1) is 10.8. The summed E-state index contributed by atoms with van der Waals surface area (Å²) < 4.78 is 7.14. The summed E-state index contributed by atoms with van der Waals surface area (Å²) in [6.45, 7) is 0.504. The standard InChI is InChI=1S/C17H15N3O2/c21-16-9-14(12-5-2-1-3-6-12)15-10-18-20(17(15)19-16)11-13-7-4-8-22-13/h1-8,10,14H,9,11H2,(H,19,21). The highest BCUT2D eigenvalue weighted by Gasteiger charge is 2.29. The van der Waals surface area contributed by atoms with Gasteiger partial charge in [-0.1, -0.05) is 30.3 Å². The number of furan rings is 1. The normalized spacial score (nSPS) is 17.1. The van der Waals surface area contributed by atoms with Gasteiger partial charge in [-0.2, -0.15) is 5.10 Å². The topological polar surface area (TPSA) is 60.1 Å². The van der Waals surface area contributed by atoms with Crippen LogP contribution in [0.25, 0.3) is 0 Å². The van der Waals surface area contributed by atoms with Crippen LogP contribution in [0.1, 0.15) is 29.2 Å². The fourth-order valence-electron chi connectivity index (χ4n) is 2.92. The Kier molecular flexibility index (Phi) is 3.04. The summed E-state index contributed by atoms with van der Waals surface area (Å²) >= 11 is 0. The number of nitrogens with one attached hydrogen (secondary N) is 1. The third-order valence-corrected chi connectivity index (χ3v) is 3.98. The number of aromatic nitrogens is 2. The maximum Gasteiger partial charge on any atom is 0.226 e. The minimum atomic E-state index is 0.0162. The van der Waals surface area contributed by atoms with E-state index in [2.05, 4.69) is 22.5 Å². The lowest BCUT2D eigenvalue weighted by Crippen LogP contribution is -2.25. The smallest absolute Gasteiger partial charge is 0.226 e. The van der Waals surface area contributed by atoms with Crippen molar-refractivity contribution in [2.75, 3.05) is 5.32 Å². The second kappa shape index (κ2) is 5.18. The van der Waals surface area contributed by atoms with Crippen LogP contribution in [0.3, 0.4) is 0 Å². The Balaban J connectivity index is 1.73. The largest absolute Gasteiger partial charge is 0.467 e. The molecule has 0 aliphatic carbocycles. The number of nitrogens with zero attached hydrogens (tertiary/aromatic N) is 2. The van der Waals surface area contributed by atoms with E-state index < -0.39 is 0 Å². The number of hydrogen-bond donors (Lipinski definition) is 1. The molecular formula is C17H15N3O2. The minimum Gasteiger partial charge on any atom is -0.467 e. The van der Waals surface area contributed by atoms with Crippen LogP contribution >= 0.6 is 0 Å². The van der Waals surface area contributed by atoms with E-state index >= 15 is 0 Å². The monoisotopic (exact) mass is 293 g/mol. The average Bonchev–Trinajstić information content (AvgIpc) is 3.18. The van der Waals surface area contributed by atoms with Crippen molar-refractivity contribution < 1.29 is 9.21 Å². The molecule has 22 heavy (non-hydrogen) atoms. The summed E-state index contributed by atoms with van der Waals surface area (Å²) in [5, 5.41) is 7.37. The van der Waals surface area contributed by atoms with Gasteiger partial charge in [-0.15, -0.1) is 0 Å². The van der Waals surface area contributed by atoms with Gasteiger partial charge in [-0.25, -0.2) is 4.68 Å². The highest BCUT2D eigenvalue weighted by Crippen LogP contribution is 2.37. The van der Waals surface area contributed by atoms with Crippen molar-refractivity contribution in [2.45, 2.75) is 18.9 Å². The maximum atomic E-state index is 12.1. The molecule has 5 nitrogen and oxygen atoms in total. The third kappa shape index (κ3) is 2.20. The Bertz CT molecular complexity index is 791. The molecule has 110 valence electrons. The molecule has 1 aliphatic heterocycles. The van der Waals surface area contributed by atoms with Crippen molar-refractivity contribution in [3.63, 3.8) is 0 Å². The number of carbonyl (C=O) groups excluding carboxylic acids is 1. The third-order valence-electron chi connectivity index (χ3n) is 3.98. The first-order valence-corrected chi connectivity index (χ1v) is 7.24. The Morgan fingerprint density at radius 1 is 1.23 bits per heavy atom. The number of anilines is 1. The molecule has 1 aliphatic rings. The van der Waals surface area contributed by atoms with Gasteiger partial charge in [-0.3, -0.25) is 4.79 Å². The van der Waals surface area contributed by atoms with Gasteiger partial charge in [-0.05, 0) is 17.7 Å². The van der Waals surface area contributed by atoms with E-state index in [-0.39, 0.29) is 11.8 Å². The molecule has 1 unspecified atom stereocenters. The number of benzene rings is 1. The van der Waals surface area contributed by atoms with Crippen LogP contribution in [0.2, 0.25) is 0 Å². The van der Waals surface area contributed by atoms with Crippen LogP contribution in [0.15, 0.2) is 59.3 Å². The molecule has 1 aromatic carbocycles. The number of fused-ring (bicyclic) bond motifs is 1. The van der Waals surface area contributed by atoms with Gasteiger partial charge < -0.3 is 9.73 Å². The van der Waals surface area contributed by atoms with Crippen LogP contribution in [0, 0.1) is 0 Å². The fraction of sp³-hybridized carbons (Fsp3) is 0.176. The SMILES string of the molecule is O=C1CC(c2ccccc2)c2cnn(Cc3ccco3)c2N1. The summed E-state index contributed by atoms with van der Waals surface area (Å²) in [5.74, 6) is 1.64. The van der Waals surface area contributed by atoms with Crippen molar-refractivity contribution >= 4 is 11.7 Å². The number of hydrogen-bond acceptors (Lipinski definition) is 3. The summed E-state index contributed by atoms with van der Waals surface area (Å²) in [6.07, 6.45) is 3.93. The molecule has 1 N–H and O–H groups in total. The Labute approximate surface area is 127 Å². The molecule has 0 saturated carbocycles. The van der Waals surface area contributed by atoms with Crippen LogP contribution < -0.4 is 5.32 Å². The van der Waals surface area contributed by atoms with Crippen LogP contribution in [0.5, 0.6) is 0 Å². The summed E-state index contributed by atoms with van der Waals surface area (Å²) in [7, 11) is 0. The van der Waals surface area contributed by atoms with Gasteiger partial charge in [0.05, 0.1) is 12.5 Å². The van der Waals surface area contributed by atoms with Crippen molar-refractivity contribution in [2.24, 2.45) is 0 Å². The molecular weight excluding hydrogens is 278 g/mol. The molecule has 3 heterocycles. The second-order valence-corrected chi connectivity index (χ2v) is 5.40. The Morgan fingerprint density at radius 3 is 2.86 bits per heavy atom. The van der Waals surface area contributed by atoms with Gasteiger partial charge in [0.1, 0.15) is 18.1 Å². The zero-order chi connectivity index (χ0) is 14.9. The van der Waals surface area contributed by atoms with E-state index in [1.165, 1.54) is 0 Å². The molecule has 1 amide bonds. The average molecular weight is 293 g/mol. The molecule has 3 aromatic rings. The molecule has 0 saturated heterocycles. The lowest BCUT2D eigenvalue weighted by Gasteiger charge is -2.23. The summed E-state index contributed by atoms with van der Waals surface area (Å²) in [6, 6.07) is 13.8. The van der Waals surface area contributed by atoms with Gasteiger partial charge in [0.25, 0.3) is 0 Å². The van der Waals surface area contributed by atoms with Gasteiger partial charge >= 0.3 is 0 Å². The zero-order valence-electron chi connectivity index (χ0n) is 11.9. The van der Waals surface area contributed by atoms with E-state index in [1.54, 1.807) is 10.9 Å². The predicted octanol–water partition coefficient (Wildman–Crippen LogP) is 3.00. The Hall–Kier alpha value is -2.82. The summed E-state index contributed by atoms with van der Waals surface area (Å²) in [4.78, 5) is 12.1. The van der Waals surface area contributed by atoms with E-state index in [4.69, 9.17) is 4.42 Å². The van der Waals surface area contributed by atoms with Crippen molar-refractivity contribution in [1.29, 1.82) is 0 Å². The predicted molar refractivity (Wildman–Crippen MR) is 81.6 cm³/mol. The minimum absolute atomic E-state index is 0.0162. The van der Waals surface area contributed by atoms with E-state index in [9.17, 15) is 4.79 Å². The lowest BCUT2D eigenvalue weighted by molar-refractivity contribution is -0.116. The zero-order valence-corrected chi connectivity index (χ0v) is 11.9. The quantitative estimate of drug-likeness (QED) is 0.807. The molecule has 0 radical (unpaired) electrons. The van der Waals surface area contributed by atoms with Crippen LogP contribution in [-0.2, 0) is 11.3 Å². The molecule has 1 atom stereocenters. The van der Waals surface area contributed by atoms with Gasteiger partial charge in [0.2, 0.25) is 5.91 Å². The molecule has 0 fully saturated rings. The molecule has 5 heteroatoms. The van der Waals surface area contributed by atoms with E-state index in [0.29, 0.717) is 13.0 Å². The fourth-order valence-corrected chi connectivity index (χ4v) is 2.92. The molecule has 0 spiro atoms. The molecule has 2 aromatic heterocycles. The second-order valence-electron chi connectivity index (χ2n) is 5.40. The van der Waals surface area contributed by atoms with Crippen molar-refractivity contribution in [3.05, 3.63) is 71.8 Å². The summed E-state index contributed by atoms with van der Waals surface area (Å²) in [5.41, 5.74) is 2.19. The first-order valence-electron chi connectivity index (χ1n) is 7.24. The van der Waals surface area contributed by atoms with Crippen LogP contribution in [0.4, 0.5) is 5.82 Å². The maximum absolute atomic E-state index is 12.1. The van der Waals surface area contributed by atoms with Gasteiger partial charge in [0.15, 0.2) is 0 Å². The van der Waals surface area contributed by atoms with Crippen molar-refractivity contribution in [1.82, 2.24) is 9.78 Å². The van der Waals surface area contributed by atoms with Crippen molar-refractivity contribution in [3.8, 4) is 0 Å². The van der Waals surface area contributed by atoms with E-state index in [0.717, 1.165) is 22.7 Å². The lowest BCUT2D eigenvalue weighted by atomic mass is 9.87. The number of carbonyl (C=O) groups is 1. The number of rotatable bonds is 3. The highest BCUT2D eigenvalue weighted by atomic mass is 16.3. The molecule has 4 rings (SSSR count). The Morgan fingerprint density at radius 2 is 2.09 bits per heavy atom. The van der Waals surface area contributed by atoms with Crippen LogP contribution in [-0.4, -0.2) is 15.7 Å². The number of amides is 1. The molecule has 0 bridgehead atoms. The highest BCUT2D eigenvalue weighted by molar-refractivity contribution is 5.94. The first kappa shape index (κ1) is 12.9. The van der Waals surface area contributed by atoms with Gasteiger partial charge in [0, 0.05) is 17.9 Å². The van der Waals surface area contributed by atoms with E-state index in [1.807, 2.05) is 36.5 Å².